The molecule has 0 fully saturated rings. The topological polar surface area (TPSA) is 90.9 Å². The molecule has 164 valence electrons. The number of aryl methyl sites for hydroxylation is 2. The van der Waals surface area contributed by atoms with Crippen LogP contribution in [0.1, 0.15) is 17.2 Å². The van der Waals surface area contributed by atoms with Gasteiger partial charge in [-0.3, -0.25) is 14.2 Å². The number of halogens is 1. The molecule has 0 radical (unpaired) electrons. The lowest BCUT2D eigenvalue weighted by Gasteiger charge is -2.20. The molecular formula is C23H22ClN5O3. The van der Waals surface area contributed by atoms with Crippen LogP contribution in [-0.4, -0.2) is 24.6 Å². The molecule has 2 aromatic carbocycles. The first-order valence-corrected chi connectivity index (χ1v) is 10.4. The van der Waals surface area contributed by atoms with Crippen LogP contribution in [0.4, 0.5) is 0 Å². The van der Waals surface area contributed by atoms with E-state index in [1.54, 1.807) is 23.7 Å². The molecule has 4 rings (SSSR count). The number of benzene rings is 2. The number of hydrogen-bond acceptors (Lipinski definition) is 4. The van der Waals surface area contributed by atoms with Crippen molar-refractivity contribution < 1.29 is 4.79 Å². The number of carbonyl (C=O) groups excluding carboxylic acids is 1. The van der Waals surface area contributed by atoms with Gasteiger partial charge in [0.2, 0.25) is 5.91 Å². The summed E-state index contributed by atoms with van der Waals surface area (Å²) in [5, 5.41) is 3.61. The van der Waals surface area contributed by atoms with Crippen LogP contribution in [0.25, 0.3) is 11.2 Å². The standard InChI is InChI=1S/C23H22ClN5O3/c1-27-14-25-21-20(27)22(31)29(23(32)28(21)2)13-19(30)26-18(16-6-4-3-5-7-16)12-15-8-10-17(24)11-9-15/h3-11,14,18H,12-13H2,1-2H3,(H,26,30). The van der Waals surface area contributed by atoms with Gasteiger partial charge >= 0.3 is 5.69 Å². The molecule has 0 spiro atoms. The van der Waals surface area contributed by atoms with E-state index in [1.165, 1.54) is 17.9 Å². The highest BCUT2D eigenvalue weighted by atomic mass is 35.5. The summed E-state index contributed by atoms with van der Waals surface area (Å²) < 4.78 is 3.74. The monoisotopic (exact) mass is 451 g/mol. The third-order valence-corrected chi connectivity index (χ3v) is 5.64. The minimum atomic E-state index is -0.592. The van der Waals surface area contributed by atoms with Gasteiger partial charge in [-0.2, -0.15) is 0 Å². The first-order valence-electron chi connectivity index (χ1n) is 10.0. The third-order valence-electron chi connectivity index (χ3n) is 5.39. The van der Waals surface area contributed by atoms with E-state index < -0.39 is 23.7 Å². The molecule has 4 aromatic rings. The Kier molecular flexibility index (Phi) is 5.96. The number of imidazole rings is 1. The van der Waals surface area contributed by atoms with E-state index in [0.29, 0.717) is 11.4 Å². The second-order valence-corrected chi connectivity index (χ2v) is 8.06. The van der Waals surface area contributed by atoms with Crippen molar-refractivity contribution >= 4 is 28.7 Å². The molecule has 0 bridgehead atoms. The van der Waals surface area contributed by atoms with E-state index in [9.17, 15) is 14.4 Å². The molecule has 0 aliphatic rings. The Morgan fingerprint density at radius 2 is 1.75 bits per heavy atom. The Hall–Kier alpha value is -3.65. The number of hydrogen-bond donors (Lipinski definition) is 1. The molecule has 1 N–H and O–H groups in total. The minimum absolute atomic E-state index is 0.265. The molecule has 2 aromatic heterocycles. The highest BCUT2D eigenvalue weighted by molar-refractivity contribution is 6.30. The van der Waals surface area contributed by atoms with Crippen LogP contribution < -0.4 is 16.6 Å². The van der Waals surface area contributed by atoms with E-state index in [1.807, 2.05) is 42.5 Å². The van der Waals surface area contributed by atoms with Crippen LogP contribution in [0.15, 0.2) is 70.5 Å². The Labute approximate surface area is 188 Å². The Bertz CT molecular complexity index is 1390. The first-order chi connectivity index (χ1) is 15.3. The maximum Gasteiger partial charge on any atom is 0.332 e. The van der Waals surface area contributed by atoms with Crippen LogP contribution in [0.3, 0.4) is 0 Å². The largest absolute Gasteiger partial charge is 0.347 e. The van der Waals surface area contributed by atoms with Gasteiger partial charge in [0.05, 0.1) is 12.4 Å². The van der Waals surface area contributed by atoms with E-state index >= 15 is 0 Å². The normalized spacial score (nSPS) is 12.1. The number of rotatable bonds is 6. The van der Waals surface area contributed by atoms with Crippen molar-refractivity contribution in [2.75, 3.05) is 0 Å². The fraction of sp³-hybridized carbons (Fsp3) is 0.217. The van der Waals surface area contributed by atoms with Gasteiger partial charge in [-0.05, 0) is 29.7 Å². The molecule has 0 saturated carbocycles. The van der Waals surface area contributed by atoms with Crippen LogP contribution >= 0.6 is 11.6 Å². The van der Waals surface area contributed by atoms with Crippen LogP contribution in [-0.2, 0) is 31.9 Å². The predicted octanol–water partition coefficient (Wildman–Crippen LogP) is 2.19. The van der Waals surface area contributed by atoms with Crippen molar-refractivity contribution in [3.05, 3.63) is 97.9 Å². The first kappa shape index (κ1) is 21.6. The van der Waals surface area contributed by atoms with Gasteiger partial charge < -0.3 is 9.88 Å². The molecule has 0 aliphatic heterocycles. The number of amides is 1. The molecule has 1 unspecified atom stereocenters. The predicted molar refractivity (Wildman–Crippen MR) is 123 cm³/mol. The summed E-state index contributed by atoms with van der Waals surface area (Å²) in [5.41, 5.74) is 1.31. The average molecular weight is 452 g/mol. The molecule has 9 heteroatoms. The van der Waals surface area contributed by atoms with Gasteiger partial charge in [0, 0.05) is 19.1 Å². The Morgan fingerprint density at radius 1 is 1.06 bits per heavy atom. The quantitative estimate of drug-likeness (QED) is 0.486. The summed E-state index contributed by atoms with van der Waals surface area (Å²) in [6.45, 7) is -0.392. The summed E-state index contributed by atoms with van der Waals surface area (Å²) in [6.07, 6.45) is 1.99. The molecule has 1 atom stereocenters. The number of carbonyl (C=O) groups is 1. The highest BCUT2D eigenvalue weighted by Gasteiger charge is 2.20. The summed E-state index contributed by atoms with van der Waals surface area (Å²) in [6, 6.07) is 16.6. The number of aromatic nitrogens is 4. The zero-order valence-corrected chi connectivity index (χ0v) is 18.4. The summed E-state index contributed by atoms with van der Waals surface area (Å²) in [7, 11) is 3.20. The highest BCUT2D eigenvalue weighted by Crippen LogP contribution is 2.20. The molecular weight excluding hydrogens is 430 g/mol. The van der Waals surface area contributed by atoms with E-state index in [0.717, 1.165) is 15.7 Å². The lowest BCUT2D eigenvalue weighted by molar-refractivity contribution is -0.122. The number of nitrogens with one attached hydrogen (secondary N) is 1. The maximum atomic E-state index is 13.0. The zero-order chi connectivity index (χ0) is 22.8. The van der Waals surface area contributed by atoms with Gasteiger partial charge in [0.15, 0.2) is 11.2 Å². The van der Waals surface area contributed by atoms with Crippen LogP contribution in [0.2, 0.25) is 5.02 Å². The summed E-state index contributed by atoms with van der Waals surface area (Å²) in [5.74, 6) is -0.437. The van der Waals surface area contributed by atoms with Crippen molar-refractivity contribution in [3.8, 4) is 0 Å². The Morgan fingerprint density at radius 3 is 2.44 bits per heavy atom. The SMILES string of the molecule is Cn1cnc2c1c(=O)n(CC(=O)NC(Cc1ccc(Cl)cc1)c1ccccc1)c(=O)n2C. The molecule has 1 amide bonds. The van der Waals surface area contributed by atoms with E-state index in [-0.39, 0.29) is 17.2 Å². The van der Waals surface area contributed by atoms with Crippen molar-refractivity contribution in [3.63, 3.8) is 0 Å². The van der Waals surface area contributed by atoms with E-state index in [2.05, 4.69) is 10.3 Å². The minimum Gasteiger partial charge on any atom is -0.347 e. The summed E-state index contributed by atoms with van der Waals surface area (Å²) >= 11 is 5.99. The van der Waals surface area contributed by atoms with Gasteiger partial charge in [0.25, 0.3) is 5.56 Å². The molecule has 0 saturated heterocycles. The fourth-order valence-corrected chi connectivity index (χ4v) is 3.84. The summed E-state index contributed by atoms with van der Waals surface area (Å²) in [4.78, 5) is 42.7. The average Bonchev–Trinajstić information content (AvgIpc) is 3.18. The molecule has 0 aliphatic carbocycles. The number of nitrogens with zero attached hydrogens (tertiary/aromatic N) is 4. The molecule has 2 heterocycles. The van der Waals surface area contributed by atoms with Crippen LogP contribution in [0, 0.1) is 0 Å². The van der Waals surface area contributed by atoms with Crippen molar-refractivity contribution in [1.29, 1.82) is 0 Å². The second kappa shape index (κ2) is 8.84. The lowest BCUT2D eigenvalue weighted by Crippen LogP contribution is -2.44. The smallest absolute Gasteiger partial charge is 0.332 e. The van der Waals surface area contributed by atoms with E-state index in [4.69, 9.17) is 11.6 Å². The van der Waals surface area contributed by atoms with Crippen LogP contribution in [0.5, 0.6) is 0 Å². The number of fused-ring (bicyclic) bond motifs is 1. The van der Waals surface area contributed by atoms with Crippen molar-refractivity contribution in [2.45, 2.75) is 19.0 Å². The zero-order valence-electron chi connectivity index (χ0n) is 17.7. The fourth-order valence-electron chi connectivity index (χ4n) is 3.71. The maximum absolute atomic E-state index is 13.0. The third kappa shape index (κ3) is 4.22. The van der Waals surface area contributed by atoms with Crippen molar-refractivity contribution in [2.24, 2.45) is 14.1 Å². The Balaban J connectivity index is 1.63. The lowest BCUT2D eigenvalue weighted by atomic mass is 9.99. The molecule has 32 heavy (non-hydrogen) atoms. The molecule has 8 nitrogen and oxygen atoms in total. The van der Waals surface area contributed by atoms with Crippen molar-refractivity contribution in [1.82, 2.24) is 24.0 Å². The van der Waals surface area contributed by atoms with Gasteiger partial charge in [-0.15, -0.1) is 0 Å². The van der Waals surface area contributed by atoms with Gasteiger partial charge in [-0.1, -0.05) is 54.1 Å². The van der Waals surface area contributed by atoms with Gasteiger partial charge in [0.1, 0.15) is 6.54 Å². The second-order valence-electron chi connectivity index (χ2n) is 7.62. The van der Waals surface area contributed by atoms with Gasteiger partial charge in [-0.25, -0.2) is 14.3 Å².